The fourth-order valence-corrected chi connectivity index (χ4v) is 2.35. The summed E-state index contributed by atoms with van der Waals surface area (Å²) < 4.78 is 38.0. The van der Waals surface area contributed by atoms with Gasteiger partial charge in [-0.2, -0.15) is 13.2 Å². The van der Waals surface area contributed by atoms with E-state index in [1.165, 1.54) is 6.92 Å². The molecule has 0 spiro atoms. The number of amides is 1. The average molecular weight is 331 g/mol. The van der Waals surface area contributed by atoms with E-state index in [9.17, 15) is 18.0 Å². The molecule has 0 radical (unpaired) electrons. The van der Waals surface area contributed by atoms with Gasteiger partial charge in [0.1, 0.15) is 5.69 Å². The Bertz CT molecular complexity index is 917. The highest BCUT2D eigenvalue weighted by atomic mass is 19.4. The van der Waals surface area contributed by atoms with Gasteiger partial charge < -0.3 is 5.32 Å². The summed E-state index contributed by atoms with van der Waals surface area (Å²) >= 11 is 0. The molecule has 0 fully saturated rings. The summed E-state index contributed by atoms with van der Waals surface area (Å²) in [6.07, 6.45) is -2.94. The second-order valence-electron chi connectivity index (χ2n) is 5.16. The van der Waals surface area contributed by atoms with E-state index in [4.69, 9.17) is 0 Å². The number of carbonyl (C=O) groups excluding carboxylic acids is 1. The molecule has 2 heterocycles. The maximum Gasteiger partial charge on any atom is 0.433 e. The Labute approximate surface area is 135 Å². The number of hydrogen-bond donors (Lipinski definition) is 1. The van der Waals surface area contributed by atoms with Crippen LogP contribution in [-0.2, 0) is 6.18 Å². The molecule has 4 nitrogen and oxygen atoms in total. The van der Waals surface area contributed by atoms with Crippen molar-refractivity contribution < 1.29 is 18.0 Å². The third kappa shape index (κ3) is 3.05. The van der Waals surface area contributed by atoms with E-state index in [0.29, 0.717) is 11.2 Å². The zero-order valence-corrected chi connectivity index (χ0v) is 12.6. The quantitative estimate of drug-likeness (QED) is 0.765. The molecule has 24 heavy (non-hydrogen) atoms. The maximum absolute atomic E-state index is 12.7. The topological polar surface area (TPSA) is 54.9 Å². The number of fused-ring (bicyclic) bond motifs is 1. The Kier molecular flexibility index (Phi) is 3.92. The number of rotatable bonds is 2. The predicted molar refractivity (Wildman–Crippen MR) is 83.7 cm³/mol. The molecule has 122 valence electrons. The number of benzene rings is 1. The van der Waals surface area contributed by atoms with Gasteiger partial charge in [-0.15, -0.1) is 0 Å². The molecule has 2 aromatic heterocycles. The Morgan fingerprint density at radius 3 is 2.54 bits per heavy atom. The van der Waals surface area contributed by atoms with Crippen LogP contribution in [0.4, 0.5) is 18.9 Å². The number of nitrogens with one attached hydrogen (secondary N) is 1. The predicted octanol–water partition coefficient (Wildman–Crippen LogP) is 4.21. The van der Waals surface area contributed by atoms with Crippen LogP contribution < -0.4 is 5.32 Å². The first-order valence-corrected chi connectivity index (χ1v) is 7.06. The molecule has 3 rings (SSSR count). The van der Waals surface area contributed by atoms with Gasteiger partial charge in [0.15, 0.2) is 0 Å². The Morgan fingerprint density at radius 2 is 1.83 bits per heavy atom. The summed E-state index contributed by atoms with van der Waals surface area (Å²) in [5.41, 5.74) is 0.151. The molecule has 0 atom stereocenters. The Balaban J connectivity index is 1.92. The zero-order chi connectivity index (χ0) is 17.3. The summed E-state index contributed by atoms with van der Waals surface area (Å²) in [6, 6.07) is 10.8. The van der Waals surface area contributed by atoms with E-state index < -0.39 is 17.8 Å². The molecule has 0 bridgehead atoms. The van der Waals surface area contributed by atoms with Crippen LogP contribution in [0.5, 0.6) is 0 Å². The van der Waals surface area contributed by atoms with Crippen LogP contribution in [0.2, 0.25) is 0 Å². The van der Waals surface area contributed by atoms with Crippen molar-refractivity contribution in [2.24, 2.45) is 0 Å². The summed E-state index contributed by atoms with van der Waals surface area (Å²) in [5, 5.41) is 3.52. The van der Waals surface area contributed by atoms with Gasteiger partial charge in [0.2, 0.25) is 0 Å². The highest BCUT2D eigenvalue weighted by Crippen LogP contribution is 2.28. The van der Waals surface area contributed by atoms with Crippen LogP contribution >= 0.6 is 0 Å². The molecule has 1 amide bonds. The zero-order valence-electron chi connectivity index (χ0n) is 12.6. The van der Waals surface area contributed by atoms with Crippen molar-refractivity contribution in [1.29, 1.82) is 0 Å². The Morgan fingerprint density at radius 1 is 1.08 bits per heavy atom. The molecule has 0 aliphatic carbocycles. The van der Waals surface area contributed by atoms with Crippen molar-refractivity contribution in [3.63, 3.8) is 0 Å². The van der Waals surface area contributed by atoms with Gasteiger partial charge in [0.05, 0.1) is 22.5 Å². The van der Waals surface area contributed by atoms with Crippen molar-refractivity contribution in [3.8, 4) is 0 Å². The summed E-state index contributed by atoms with van der Waals surface area (Å²) in [5.74, 6) is -0.535. The number of para-hydroxylation sites is 1. The minimum absolute atomic E-state index is 0.00974. The second-order valence-corrected chi connectivity index (χ2v) is 5.16. The van der Waals surface area contributed by atoms with Gasteiger partial charge >= 0.3 is 6.18 Å². The monoisotopic (exact) mass is 331 g/mol. The first-order valence-electron chi connectivity index (χ1n) is 7.06. The minimum Gasteiger partial charge on any atom is -0.320 e. The average Bonchev–Trinajstić information content (AvgIpc) is 2.54. The number of anilines is 1. The largest absolute Gasteiger partial charge is 0.433 e. The summed E-state index contributed by atoms with van der Waals surface area (Å²) in [4.78, 5) is 20.1. The molecule has 1 aromatic carbocycles. The molecule has 0 saturated heterocycles. The van der Waals surface area contributed by atoms with Crippen LogP contribution in [-0.4, -0.2) is 15.9 Å². The molecule has 1 N–H and O–H groups in total. The summed E-state index contributed by atoms with van der Waals surface area (Å²) in [6.45, 7) is 1.37. The van der Waals surface area contributed by atoms with Crippen molar-refractivity contribution in [2.75, 3.05) is 5.32 Å². The lowest BCUT2D eigenvalue weighted by molar-refractivity contribution is -0.141. The number of hydrogen-bond acceptors (Lipinski definition) is 3. The maximum atomic E-state index is 12.7. The van der Waals surface area contributed by atoms with Crippen LogP contribution in [0.1, 0.15) is 21.7 Å². The van der Waals surface area contributed by atoms with E-state index in [0.717, 1.165) is 17.5 Å². The number of nitrogens with zero attached hydrogens (tertiary/aromatic N) is 2. The van der Waals surface area contributed by atoms with Crippen LogP contribution in [0.15, 0.2) is 48.7 Å². The van der Waals surface area contributed by atoms with Gasteiger partial charge in [0, 0.05) is 11.6 Å². The minimum atomic E-state index is -4.54. The molecule has 0 unspecified atom stereocenters. The second kappa shape index (κ2) is 5.92. The lowest BCUT2D eigenvalue weighted by Gasteiger charge is -2.11. The fraction of sp³-hybridized carbons (Fsp3) is 0.118. The fourth-order valence-electron chi connectivity index (χ4n) is 2.35. The normalized spacial score (nSPS) is 11.5. The lowest BCUT2D eigenvalue weighted by Crippen LogP contribution is -2.17. The molecule has 0 saturated carbocycles. The summed E-state index contributed by atoms with van der Waals surface area (Å²) in [7, 11) is 0. The number of aryl methyl sites for hydroxylation is 1. The van der Waals surface area contributed by atoms with E-state index in [2.05, 4.69) is 15.3 Å². The van der Waals surface area contributed by atoms with Gasteiger partial charge in [-0.3, -0.25) is 9.78 Å². The Hall–Kier alpha value is -2.96. The highest BCUT2D eigenvalue weighted by Gasteiger charge is 2.33. The number of pyridine rings is 2. The SMILES string of the molecule is Cc1nc(C(F)(F)F)ccc1C(=O)Nc1cccc2cccnc12. The molecular formula is C17H12F3N3O. The van der Waals surface area contributed by atoms with E-state index >= 15 is 0 Å². The van der Waals surface area contributed by atoms with Gasteiger partial charge in [-0.25, -0.2) is 4.98 Å². The first-order chi connectivity index (χ1) is 11.4. The number of halogens is 3. The van der Waals surface area contributed by atoms with E-state index in [-0.39, 0.29) is 11.3 Å². The number of aromatic nitrogens is 2. The van der Waals surface area contributed by atoms with Gasteiger partial charge in [-0.1, -0.05) is 18.2 Å². The standard InChI is InChI=1S/C17H12F3N3O/c1-10-12(7-8-14(22-10)17(18,19)20)16(24)23-13-6-2-4-11-5-3-9-21-15(11)13/h2-9H,1H3,(H,23,24). The van der Waals surface area contributed by atoms with Crippen molar-refractivity contribution in [3.05, 3.63) is 65.6 Å². The third-order valence-corrected chi connectivity index (χ3v) is 3.50. The first kappa shape index (κ1) is 15.9. The third-order valence-electron chi connectivity index (χ3n) is 3.50. The van der Waals surface area contributed by atoms with Crippen molar-refractivity contribution in [1.82, 2.24) is 9.97 Å². The smallest absolute Gasteiger partial charge is 0.320 e. The molecule has 3 aromatic rings. The van der Waals surface area contributed by atoms with Gasteiger partial charge in [-0.05, 0) is 31.2 Å². The number of carbonyl (C=O) groups is 1. The molecule has 7 heteroatoms. The molecular weight excluding hydrogens is 319 g/mol. The van der Waals surface area contributed by atoms with E-state index in [1.807, 2.05) is 12.1 Å². The van der Waals surface area contributed by atoms with E-state index in [1.54, 1.807) is 24.4 Å². The molecule has 0 aliphatic heterocycles. The number of alkyl halides is 3. The van der Waals surface area contributed by atoms with Crippen LogP contribution in [0, 0.1) is 6.92 Å². The van der Waals surface area contributed by atoms with Crippen molar-refractivity contribution in [2.45, 2.75) is 13.1 Å². The van der Waals surface area contributed by atoms with Crippen molar-refractivity contribution >= 4 is 22.5 Å². The van der Waals surface area contributed by atoms with Gasteiger partial charge in [0.25, 0.3) is 5.91 Å². The molecule has 0 aliphatic rings. The van der Waals surface area contributed by atoms with Crippen LogP contribution in [0.3, 0.4) is 0 Å². The highest BCUT2D eigenvalue weighted by molar-refractivity contribution is 6.08. The lowest BCUT2D eigenvalue weighted by atomic mass is 10.1. The van der Waals surface area contributed by atoms with Crippen LogP contribution in [0.25, 0.3) is 10.9 Å².